The summed E-state index contributed by atoms with van der Waals surface area (Å²) in [5.74, 6) is -0.323. The fourth-order valence-electron chi connectivity index (χ4n) is 2.57. The van der Waals surface area contributed by atoms with Crippen LogP contribution in [0.5, 0.6) is 0 Å². The van der Waals surface area contributed by atoms with E-state index in [1.807, 2.05) is 32.0 Å². The minimum Gasteiger partial charge on any atom is -0.322 e. The van der Waals surface area contributed by atoms with Crippen LogP contribution < -0.4 is 10.0 Å². The number of carbonyl (C=O) groups excluding carboxylic acids is 1. The average Bonchev–Trinajstić information content (AvgIpc) is 2.65. The van der Waals surface area contributed by atoms with Gasteiger partial charge in [-0.15, -0.1) is 0 Å². The molecule has 0 atom stereocenters. The van der Waals surface area contributed by atoms with Crippen molar-refractivity contribution in [1.29, 1.82) is 0 Å². The maximum atomic E-state index is 12.5. The molecule has 0 aliphatic rings. The van der Waals surface area contributed by atoms with E-state index in [1.165, 1.54) is 30.3 Å². The van der Waals surface area contributed by atoms with Gasteiger partial charge in [0.2, 0.25) is 0 Å². The van der Waals surface area contributed by atoms with Gasteiger partial charge < -0.3 is 5.32 Å². The number of benzene rings is 3. The fraction of sp³-hybridized carbons (Fsp3) is 0.0952. The lowest BCUT2D eigenvalue weighted by Gasteiger charge is -2.11. The van der Waals surface area contributed by atoms with Crippen LogP contribution >= 0.6 is 11.6 Å². The molecular formula is C21H19ClN2O3S. The highest BCUT2D eigenvalue weighted by Gasteiger charge is 2.15. The lowest BCUT2D eigenvalue weighted by atomic mass is 10.1. The topological polar surface area (TPSA) is 75.3 Å². The molecule has 0 saturated heterocycles. The number of hydrogen-bond acceptors (Lipinski definition) is 3. The summed E-state index contributed by atoms with van der Waals surface area (Å²) in [7, 11) is -3.78. The van der Waals surface area contributed by atoms with Gasteiger partial charge in [0.1, 0.15) is 0 Å². The largest absolute Gasteiger partial charge is 0.322 e. The third-order valence-electron chi connectivity index (χ3n) is 4.27. The number of rotatable bonds is 5. The van der Waals surface area contributed by atoms with Crippen LogP contribution in [-0.4, -0.2) is 14.3 Å². The molecule has 0 radical (unpaired) electrons. The summed E-state index contributed by atoms with van der Waals surface area (Å²) in [4.78, 5) is 12.6. The molecule has 0 unspecified atom stereocenters. The van der Waals surface area contributed by atoms with Crippen molar-refractivity contribution in [3.8, 4) is 0 Å². The van der Waals surface area contributed by atoms with Crippen LogP contribution in [0.1, 0.15) is 21.5 Å². The van der Waals surface area contributed by atoms with E-state index in [0.29, 0.717) is 22.0 Å². The average molecular weight is 415 g/mol. The first-order valence-corrected chi connectivity index (χ1v) is 10.4. The second-order valence-electron chi connectivity index (χ2n) is 6.39. The molecule has 3 aromatic carbocycles. The van der Waals surface area contributed by atoms with Gasteiger partial charge >= 0.3 is 0 Å². The molecule has 0 heterocycles. The van der Waals surface area contributed by atoms with Crippen LogP contribution in [0.4, 0.5) is 11.4 Å². The highest BCUT2D eigenvalue weighted by molar-refractivity contribution is 7.92. The zero-order valence-corrected chi connectivity index (χ0v) is 16.9. The minimum atomic E-state index is -3.78. The molecule has 1 amide bonds. The van der Waals surface area contributed by atoms with Gasteiger partial charge in [0.05, 0.1) is 4.90 Å². The van der Waals surface area contributed by atoms with E-state index < -0.39 is 10.0 Å². The van der Waals surface area contributed by atoms with E-state index in [2.05, 4.69) is 10.0 Å². The second kappa shape index (κ2) is 8.04. The van der Waals surface area contributed by atoms with Gasteiger partial charge in [0, 0.05) is 22.0 Å². The van der Waals surface area contributed by atoms with Crippen molar-refractivity contribution in [2.45, 2.75) is 18.7 Å². The quantitative estimate of drug-likeness (QED) is 0.616. The summed E-state index contributed by atoms with van der Waals surface area (Å²) in [6.45, 7) is 3.97. The summed E-state index contributed by atoms with van der Waals surface area (Å²) >= 11 is 5.80. The molecule has 2 N–H and O–H groups in total. The summed E-state index contributed by atoms with van der Waals surface area (Å²) in [5, 5.41) is 3.27. The first-order valence-electron chi connectivity index (χ1n) is 8.52. The Morgan fingerprint density at radius 3 is 2.25 bits per heavy atom. The number of sulfonamides is 1. The Labute approximate surface area is 169 Å². The summed E-state index contributed by atoms with van der Waals surface area (Å²) in [5.41, 5.74) is 3.52. The van der Waals surface area contributed by atoms with E-state index in [-0.39, 0.29) is 10.8 Å². The van der Waals surface area contributed by atoms with E-state index in [0.717, 1.165) is 11.1 Å². The fourth-order valence-corrected chi connectivity index (χ4v) is 3.75. The first kappa shape index (κ1) is 19.9. The van der Waals surface area contributed by atoms with Crippen LogP contribution in [0, 0.1) is 13.8 Å². The zero-order chi connectivity index (χ0) is 20.3. The maximum Gasteiger partial charge on any atom is 0.261 e. The summed E-state index contributed by atoms with van der Waals surface area (Å²) in [6.07, 6.45) is 0. The van der Waals surface area contributed by atoms with E-state index in [1.54, 1.807) is 18.2 Å². The normalized spacial score (nSPS) is 11.1. The van der Waals surface area contributed by atoms with Gasteiger partial charge in [0.15, 0.2) is 0 Å². The molecule has 0 aliphatic carbocycles. The number of aryl methyl sites for hydroxylation is 2. The molecule has 0 saturated carbocycles. The Balaban J connectivity index is 1.78. The van der Waals surface area contributed by atoms with E-state index in [9.17, 15) is 13.2 Å². The van der Waals surface area contributed by atoms with Crippen LogP contribution in [-0.2, 0) is 10.0 Å². The second-order valence-corrected chi connectivity index (χ2v) is 8.51. The minimum absolute atomic E-state index is 0.0851. The molecule has 7 heteroatoms. The van der Waals surface area contributed by atoms with Crippen molar-refractivity contribution < 1.29 is 13.2 Å². The predicted octanol–water partition coefficient (Wildman–Crippen LogP) is 5.01. The molecule has 0 spiro atoms. The van der Waals surface area contributed by atoms with Gasteiger partial charge in [-0.25, -0.2) is 8.42 Å². The maximum absolute atomic E-state index is 12.5. The van der Waals surface area contributed by atoms with E-state index in [4.69, 9.17) is 11.6 Å². The Bertz CT molecular complexity index is 1130. The van der Waals surface area contributed by atoms with Gasteiger partial charge in [-0.05, 0) is 79.6 Å². The van der Waals surface area contributed by atoms with Crippen molar-refractivity contribution in [2.75, 3.05) is 10.0 Å². The van der Waals surface area contributed by atoms with Crippen molar-refractivity contribution in [3.05, 3.63) is 88.4 Å². The van der Waals surface area contributed by atoms with Gasteiger partial charge in [-0.2, -0.15) is 0 Å². The van der Waals surface area contributed by atoms with Crippen LogP contribution in [0.3, 0.4) is 0 Å². The Morgan fingerprint density at radius 1 is 0.857 bits per heavy atom. The van der Waals surface area contributed by atoms with Gasteiger partial charge in [-0.3, -0.25) is 9.52 Å². The first-order chi connectivity index (χ1) is 13.2. The molecule has 0 aromatic heterocycles. The number of halogens is 1. The number of nitrogens with one attached hydrogen (secondary N) is 2. The van der Waals surface area contributed by atoms with Crippen molar-refractivity contribution in [3.63, 3.8) is 0 Å². The Hall–Kier alpha value is -2.83. The number of hydrogen-bond donors (Lipinski definition) is 2. The molecule has 144 valence electrons. The number of anilines is 2. The SMILES string of the molecule is Cc1ccc(NC(=O)c2cccc(NS(=O)(=O)c3ccc(Cl)cc3)c2)cc1C. The number of amides is 1. The van der Waals surface area contributed by atoms with Crippen LogP contribution in [0.15, 0.2) is 71.6 Å². The summed E-state index contributed by atoms with van der Waals surface area (Å²) in [6, 6.07) is 17.8. The standard InChI is InChI=1S/C21H19ClN2O3S/c1-14-6-9-18(12-15(14)2)23-21(25)16-4-3-5-19(13-16)24-28(26,27)20-10-7-17(22)8-11-20/h3-13,24H,1-2H3,(H,23,25). The number of carbonyl (C=O) groups is 1. The van der Waals surface area contributed by atoms with Gasteiger partial charge in [0.25, 0.3) is 15.9 Å². The molecule has 0 aliphatic heterocycles. The van der Waals surface area contributed by atoms with E-state index >= 15 is 0 Å². The van der Waals surface area contributed by atoms with Crippen molar-refractivity contribution in [2.24, 2.45) is 0 Å². The summed E-state index contributed by atoms with van der Waals surface area (Å²) < 4.78 is 27.5. The highest BCUT2D eigenvalue weighted by Crippen LogP contribution is 2.20. The predicted molar refractivity (Wildman–Crippen MR) is 113 cm³/mol. The monoisotopic (exact) mass is 414 g/mol. The van der Waals surface area contributed by atoms with Crippen LogP contribution in [0.2, 0.25) is 5.02 Å². The smallest absolute Gasteiger partial charge is 0.261 e. The Kier molecular flexibility index (Phi) is 5.72. The van der Waals surface area contributed by atoms with Crippen LogP contribution in [0.25, 0.3) is 0 Å². The molecule has 28 heavy (non-hydrogen) atoms. The third kappa shape index (κ3) is 4.71. The zero-order valence-electron chi connectivity index (χ0n) is 15.4. The third-order valence-corrected chi connectivity index (χ3v) is 5.91. The van der Waals surface area contributed by atoms with Crippen molar-refractivity contribution >= 4 is 38.9 Å². The lowest BCUT2D eigenvalue weighted by Crippen LogP contribution is -2.15. The molecule has 3 aromatic rings. The lowest BCUT2D eigenvalue weighted by molar-refractivity contribution is 0.102. The Morgan fingerprint density at radius 2 is 1.57 bits per heavy atom. The van der Waals surface area contributed by atoms with Gasteiger partial charge in [-0.1, -0.05) is 23.7 Å². The molecule has 0 fully saturated rings. The molecular weight excluding hydrogens is 396 g/mol. The molecule has 3 rings (SSSR count). The van der Waals surface area contributed by atoms with Crippen molar-refractivity contribution in [1.82, 2.24) is 0 Å². The molecule has 0 bridgehead atoms. The highest BCUT2D eigenvalue weighted by atomic mass is 35.5. The molecule has 5 nitrogen and oxygen atoms in total.